The first-order valence-corrected chi connectivity index (χ1v) is 13.9. The minimum Gasteiger partial charge on any atom is -0.352 e. The number of rotatable bonds is 11. The summed E-state index contributed by atoms with van der Waals surface area (Å²) in [6.07, 6.45) is 0.751. The van der Waals surface area contributed by atoms with Crippen LogP contribution in [0.3, 0.4) is 0 Å². The summed E-state index contributed by atoms with van der Waals surface area (Å²) in [4.78, 5) is 28.4. The Morgan fingerprint density at radius 3 is 2.03 bits per heavy atom. The van der Waals surface area contributed by atoms with Crippen LogP contribution in [0, 0.1) is 6.92 Å². The Morgan fingerprint density at radius 2 is 1.43 bits per heavy atom. The highest BCUT2D eigenvalue weighted by atomic mass is 32.2. The molecular formula is C29H35N3O4S. The van der Waals surface area contributed by atoms with Crippen molar-refractivity contribution in [3.63, 3.8) is 0 Å². The zero-order valence-electron chi connectivity index (χ0n) is 21.8. The van der Waals surface area contributed by atoms with Crippen LogP contribution in [0.5, 0.6) is 0 Å². The van der Waals surface area contributed by atoms with Gasteiger partial charge in [-0.3, -0.25) is 13.9 Å². The highest BCUT2D eigenvalue weighted by Crippen LogP contribution is 2.27. The molecule has 0 spiro atoms. The Balaban J connectivity index is 2.01. The molecule has 7 nitrogen and oxygen atoms in total. The van der Waals surface area contributed by atoms with E-state index in [1.165, 1.54) is 17.0 Å². The zero-order valence-corrected chi connectivity index (χ0v) is 22.6. The van der Waals surface area contributed by atoms with Crippen molar-refractivity contribution >= 4 is 27.5 Å². The molecule has 8 heteroatoms. The summed E-state index contributed by atoms with van der Waals surface area (Å²) in [5, 5.41) is 2.94. The van der Waals surface area contributed by atoms with Crippen LogP contribution in [0.1, 0.15) is 38.3 Å². The van der Waals surface area contributed by atoms with Gasteiger partial charge in [0.2, 0.25) is 11.8 Å². The summed E-state index contributed by atoms with van der Waals surface area (Å²) in [5.74, 6) is -0.759. The second kappa shape index (κ2) is 12.5. The Labute approximate surface area is 220 Å². The summed E-state index contributed by atoms with van der Waals surface area (Å²) in [6, 6.07) is 23.6. The number of sulfonamides is 1. The molecule has 196 valence electrons. The first-order chi connectivity index (χ1) is 17.6. The summed E-state index contributed by atoms with van der Waals surface area (Å²) in [7, 11) is -4.06. The summed E-state index contributed by atoms with van der Waals surface area (Å²) < 4.78 is 28.7. The summed E-state index contributed by atoms with van der Waals surface area (Å²) in [6.45, 7) is 7.06. The van der Waals surface area contributed by atoms with Crippen molar-refractivity contribution in [2.75, 3.05) is 10.8 Å². The highest BCUT2D eigenvalue weighted by molar-refractivity contribution is 7.92. The molecule has 0 saturated carbocycles. The fraction of sp³-hybridized carbons (Fsp3) is 0.310. The van der Waals surface area contributed by atoms with Crippen LogP contribution in [0.4, 0.5) is 5.69 Å². The predicted octanol–water partition coefficient (Wildman–Crippen LogP) is 4.52. The zero-order chi connectivity index (χ0) is 27.0. The van der Waals surface area contributed by atoms with Gasteiger partial charge in [0.25, 0.3) is 10.0 Å². The van der Waals surface area contributed by atoms with Gasteiger partial charge in [0.1, 0.15) is 12.6 Å². The third kappa shape index (κ3) is 6.98. The predicted molar refractivity (Wildman–Crippen MR) is 147 cm³/mol. The number of carbonyl (C=O) groups excluding carboxylic acids is 2. The van der Waals surface area contributed by atoms with E-state index in [1.807, 2.05) is 50.2 Å². The number of amides is 2. The van der Waals surface area contributed by atoms with Crippen molar-refractivity contribution < 1.29 is 18.0 Å². The number of anilines is 1. The number of hydrogen-bond acceptors (Lipinski definition) is 4. The maximum atomic E-state index is 13.9. The van der Waals surface area contributed by atoms with E-state index in [0.717, 1.165) is 16.3 Å². The second-order valence-electron chi connectivity index (χ2n) is 9.11. The van der Waals surface area contributed by atoms with Crippen LogP contribution >= 0.6 is 0 Å². The van der Waals surface area contributed by atoms with Crippen molar-refractivity contribution in [2.45, 2.75) is 57.6 Å². The molecule has 2 amide bonds. The first-order valence-electron chi connectivity index (χ1n) is 12.4. The van der Waals surface area contributed by atoms with Gasteiger partial charge in [0.15, 0.2) is 0 Å². The molecule has 0 saturated heterocycles. The number of nitrogens with one attached hydrogen (secondary N) is 1. The molecule has 0 aromatic heterocycles. The van der Waals surface area contributed by atoms with E-state index in [1.54, 1.807) is 50.2 Å². The van der Waals surface area contributed by atoms with Crippen LogP contribution in [0.2, 0.25) is 0 Å². The van der Waals surface area contributed by atoms with E-state index in [2.05, 4.69) is 5.32 Å². The molecule has 37 heavy (non-hydrogen) atoms. The maximum absolute atomic E-state index is 13.9. The van der Waals surface area contributed by atoms with Gasteiger partial charge in [0.05, 0.1) is 10.6 Å². The summed E-state index contributed by atoms with van der Waals surface area (Å²) >= 11 is 0. The van der Waals surface area contributed by atoms with Crippen LogP contribution in [0.15, 0.2) is 89.8 Å². The van der Waals surface area contributed by atoms with E-state index in [-0.39, 0.29) is 23.4 Å². The molecule has 3 rings (SSSR count). The number of para-hydroxylation sites is 1. The van der Waals surface area contributed by atoms with Gasteiger partial charge in [-0.15, -0.1) is 0 Å². The fourth-order valence-electron chi connectivity index (χ4n) is 3.90. The molecule has 0 aliphatic heterocycles. The second-order valence-corrected chi connectivity index (χ2v) is 11.0. The maximum Gasteiger partial charge on any atom is 0.264 e. The minimum atomic E-state index is -4.06. The Kier molecular flexibility index (Phi) is 9.47. The van der Waals surface area contributed by atoms with Crippen LogP contribution in [0.25, 0.3) is 0 Å². The topological polar surface area (TPSA) is 86.8 Å². The Morgan fingerprint density at radius 1 is 0.865 bits per heavy atom. The average molecular weight is 522 g/mol. The van der Waals surface area contributed by atoms with Crippen molar-refractivity contribution in [3.8, 4) is 0 Å². The van der Waals surface area contributed by atoms with Crippen molar-refractivity contribution in [1.82, 2.24) is 10.2 Å². The standard InChI is InChI=1S/C29H35N3O4S/c1-5-23(3)30-29(34)24(4)31(20-25-15-8-6-9-16-25)28(33)21-32(27-19-13-12-14-22(27)2)37(35,36)26-17-10-7-11-18-26/h6-19,23-24H,5,20-21H2,1-4H3,(H,30,34)/t23-,24-/m1/s1. The molecule has 3 aromatic carbocycles. The third-order valence-corrected chi connectivity index (χ3v) is 8.13. The van der Waals surface area contributed by atoms with E-state index < -0.39 is 28.5 Å². The van der Waals surface area contributed by atoms with Gasteiger partial charge in [-0.25, -0.2) is 8.42 Å². The van der Waals surface area contributed by atoms with Gasteiger partial charge in [-0.2, -0.15) is 0 Å². The monoisotopic (exact) mass is 521 g/mol. The number of aryl methyl sites for hydroxylation is 1. The molecule has 0 radical (unpaired) electrons. The third-order valence-electron chi connectivity index (χ3n) is 6.36. The lowest BCUT2D eigenvalue weighted by Gasteiger charge is -2.32. The molecule has 0 heterocycles. The van der Waals surface area contributed by atoms with E-state index in [0.29, 0.717) is 11.3 Å². The fourth-order valence-corrected chi connectivity index (χ4v) is 5.40. The minimum absolute atomic E-state index is 0.0504. The molecule has 3 aromatic rings. The van der Waals surface area contributed by atoms with Gasteiger partial charge in [0, 0.05) is 12.6 Å². The highest BCUT2D eigenvalue weighted by Gasteiger charge is 2.33. The number of hydrogen-bond donors (Lipinski definition) is 1. The smallest absolute Gasteiger partial charge is 0.264 e. The SMILES string of the molecule is CC[C@@H](C)NC(=O)[C@@H](C)N(Cc1ccccc1)C(=O)CN(c1ccccc1C)S(=O)(=O)c1ccccc1. The van der Waals surface area contributed by atoms with E-state index >= 15 is 0 Å². The van der Waals surface area contributed by atoms with Crippen LogP contribution in [-0.2, 0) is 26.2 Å². The van der Waals surface area contributed by atoms with Crippen LogP contribution in [-0.4, -0.2) is 43.8 Å². The molecule has 1 N–H and O–H groups in total. The lowest BCUT2D eigenvalue weighted by atomic mass is 10.1. The summed E-state index contributed by atoms with van der Waals surface area (Å²) in [5.41, 5.74) is 1.97. The largest absolute Gasteiger partial charge is 0.352 e. The molecule has 0 bridgehead atoms. The molecule has 0 unspecified atom stereocenters. The quantitative estimate of drug-likeness (QED) is 0.402. The number of benzene rings is 3. The molecule has 0 aliphatic rings. The lowest BCUT2D eigenvalue weighted by Crippen LogP contribution is -2.52. The van der Waals surface area contributed by atoms with Crippen molar-refractivity contribution in [1.29, 1.82) is 0 Å². The van der Waals surface area contributed by atoms with Crippen molar-refractivity contribution in [2.24, 2.45) is 0 Å². The Hall–Kier alpha value is -3.65. The van der Waals surface area contributed by atoms with Crippen molar-refractivity contribution in [3.05, 3.63) is 96.1 Å². The molecule has 0 fully saturated rings. The van der Waals surface area contributed by atoms with Gasteiger partial charge < -0.3 is 10.2 Å². The molecular weight excluding hydrogens is 486 g/mol. The number of nitrogens with zero attached hydrogens (tertiary/aromatic N) is 2. The van der Waals surface area contributed by atoms with Gasteiger partial charge in [-0.05, 0) is 56.5 Å². The lowest BCUT2D eigenvalue weighted by molar-refractivity contribution is -0.139. The first kappa shape index (κ1) is 27.9. The van der Waals surface area contributed by atoms with E-state index in [9.17, 15) is 18.0 Å². The Bertz CT molecular complexity index is 1300. The average Bonchev–Trinajstić information content (AvgIpc) is 2.91. The number of carbonyl (C=O) groups is 2. The van der Waals surface area contributed by atoms with Gasteiger partial charge >= 0.3 is 0 Å². The van der Waals surface area contributed by atoms with Gasteiger partial charge in [-0.1, -0.05) is 73.7 Å². The molecule has 0 aliphatic carbocycles. The van der Waals surface area contributed by atoms with Crippen LogP contribution < -0.4 is 9.62 Å². The normalized spacial score (nSPS) is 12.9. The van der Waals surface area contributed by atoms with E-state index in [4.69, 9.17) is 0 Å². The molecule has 2 atom stereocenters.